The zero-order chi connectivity index (χ0) is 21.7. The van der Waals surface area contributed by atoms with Gasteiger partial charge in [0.15, 0.2) is 0 Å². The molecule has 1 saturated carbocycles. The van der Waals surface area contributed by atoms with Crippen LogP contribution >= 0.6 is 0 Å². The summed E-state index contributed by atoms with van der Waals surface area (Å²) in [5.41, 5.74) is 0.276. The van der Waals surface area contributed by atoms with Crippen LogP contribution in [0.5, 0.6) is 0 Å². The summed E-state index contributed by atoms with van der Waals surface area (Å²) in [5.74, 6) is 0.347. The zero-order valence-corrected chi connectivity index (χ0v) is 18.8. The monoisotopic (exact) mass is 429 g/mol. The van der Waals surface area contributed by atoms with E-state index in [1.54, 1.807) is 0 Å². The van der Waals surface area contributed by atoms with Gasteiger partial charge in [-0.25, -0.2) is 17.5 Å². The van der Waals surface area contributed by atoms with Gasteiger partial charge < -0.3 is 10.4 Å². The number of halogens is 1. The number of nitrogens with one attached hydrogen (secondary N) is 2. The lowest BCUT2D eigenvalue weighted by Gasteiger charge is -2.35. The molecule has 6 nitrogen and oxygen atoms in total. The Bertz CT molecular complexity index is 747. The maximum absolute atomic E-state index is 13.3. The van der Waals surface area contributed by atoms with Crippen molar-refractivity contribution in [3.8, 4) is 0 Å². The molecule has 0 bridgehead atoms. The molecule has 1 aliphatic rings. The van der Waals surface area contributed by atoms with Crippen molar-refractivity contribution in [2.45, 2.75) is 77.5 Å². The van der Waals surface area contributed by atoms with Crippen LogP contribution in [-0.2, 0) is 10.0 Å². The fraction of sp³-hybridized carbons (Fsp3) is 0.762. The predicted molar refractivity (Wildman–Crippen MR) is 113 cm³/mol. The number of hydrogen-bond acceptors (Lipinski definition) is 5. The molecule has 0 spiro atoms. The number of aliphatic hydroxyl groups excluding tert-OH is 1. The standard InChI is InChI=1S/C21H36FN3O3S/c1-15(2)14-29(27,28)25-19-7-5-16(6-8-19)10-21(3,4)24-13-20(26)17-9-18(22)12-23-11-17/h9,11-12,15-16,19-20,24-26H,5-8,10,13-14H2,1-4H3/t16-,19+,20-/m0/s1. The molecule has 0 aliphatic heterocycles. The Balaban J connectivity index is 1.77. The lowest BCUT2D eigenvalue weighted by molar-refractivity contribution is 0.149. The van der Waals surface area contributed by atoms with E-state index in [2.05, 4.69) is 28.9 Å². The summed E-state index contributed by atoms with van der Waals surface area (Å²) in [6, 6.07) is 1.34. The third kappa shape index (κ3) is 8.66. The Kier molecular flexibility index (Phi) is 8.58. The van der Waals surface area contributed by atoms with Crippen LogP contribution in [-0.4, -0.2) is 42.4 Å². The molecule has 0 aromatic carbocycles. The fourth-order valence-corrected chi connectivity index (χ4v) is 5.84. The molecular weight excluding hydrogens is 393 g/mol. The number of hydrogen-bond donors (Lipinski definition) is 3. The lowest BCUT2D eigenvalue weighted by Crippen LogP contribution is -2.45. The summed E-state index contributed by atoms with van der Waals surface area (Å²) in [6.07, 6.45) is 6.39. The molecule has 1 heterocycles. The van der Waals surface area contributed by atoms with E-state index in [-0.39, 0.29) is 23.3 Å². The molecule has 3 N–H and O–H groups in total. The van der Waals surface area contributed by atoms with Gasteiger partial charge in [0.25, 0.3) is 0 Å². The highest BCUT2D eigenvalue weighted by Crippen LogP contribution is 2.31. The summed E-state index contributed by atoms with van der Waals surface area (Å²) in [5, 5.41) is 13.7. The second kappa shape index (κ2) is 10.3. The molecule has 0 amide bonds. The zero-order valence-electron chi connectivity index (χ0n) is 18.0. The molecule has 1 aromatic heterocycles. The predicted octanol–water partition coefficient (Wildman–Crippen LogP) is 3.15. The van der Waals surface area contributed by atoms with Crippen molar-refractivity contribution in [2.24, 2.45) is 11.8 Å². The third-order valence-electron chi connectivity index (χ3n) is 5.43. The van der Waals surface area contributed by atoms with Gasteiger partial charge in [0, 0.05) is 29.9 Å². The lowest BCUT2D eigenvalue weighted by atomic mass is 9.79. The maximum Gasteiger partial charge on any atom is 0.212 e. The number of β-amino-alcohol motifs (C(OH)–C–C–N with tert-alkyl or cyclic N) is 1. The number of aliphatic hydroxyl groups is 1. The first-order chi connectivity index (χ1) is 13.5. The minimum absolute atomic E-state index is 0.0355. The smallest absolute Gasteiger partial charge is 0.212 e. The van der Waals surface area contributed by atoms with Crippen LogP contribution in [0.1, 0.15) is 71.5 Å². The summed E-state index contributed by atoms with van der Waals surface area (Å²) < 4.78 is 40.4. The largest absolute Gasteiger partial charge is 0.387 e. The van der Waals surface area contributed by atoms with Gasteiger partial charge in [-0.15, -0.1) is 0 Å². The van der Waals surface area contributed by atoms with Gasteiger partial charge in [-0.05, 0) is 63.9 Å². The van der Waals surface area contributed by atoms with Crippen molar-refractivity contribution in [3.05, 3.63) is 29.8 Å². The molecule has 1 atom stereocenters. The first-order valence-electron chi connectivity index (χ1n) is 10.5. The average Bonchev–Trinajstić information content (AvgIpc) is 2.60. The van der Waals surface area contributed by atoms with Crippen LogP contribution in [0, 0.1) is 17.7 Å². The minimum atomic E-state index is -3.20. The molecule has 1 aliphatic carbocycles. The minimum Gasteiger partial charge on any atom is -0.387 e. The van der Waals surface area contributed by atoms with Crippen molar-refractivity contribution in [2.75, 3.05) is 12.3 Å². The number of aromatic nitrogens is 1. The highest BCUT2D eigenvalue weighted by molar-refractivity contribution is 7.89. The van der Waals surface area contributed by atoms with E-state index in [1.807, 2.05) is 13.8 Å². The SMILES string of the molecule is CC(C)CS(=O)(=O)N[C@H]1CC[C@@H](CC(C)(C)NC[C@H](O)c2cncc(F)c2)CC1. The summed E-state index contributed by atoms with van der Waals surface area (Å²) >= 11 is 0. The Labute approximate surface area is 174 Å². The Hall–Kier alpha value is -1.09. The average molecular weight is 430 g/mol. The normalized spacial score (nSPS) is 22.0. The van der Waals surface area contributed by atoms with Gasteiger partial charge in [0.1, 0.15) is 5.82 Å². The molecule has 1 aromatic rings. The van der Waals surface area contributed by atoms with Crippen molar-refractivity contribution in [3.63, 3.8) is 0 Å². The topological polar surface area (TPSA) is 91.3 Å². The Morgan fingerprint density at radius 2 is 1.90 bits per heavy atom. The summed E-state index contributed by atoms with van der Waals surface area (Å²) in [6.45, 7) is 8.34. The van der Waals surface area contributed by atoms with Crippen LogP contribution in [0.25, 0.3) is 0 Å². The second-order valence-electron chi connectivity index (χ2n) is 9.43. The van der Waals surface area contributed by atoms with Gasteiger partial charge >= 0.3 is 0 Å². The molecular formula is C21H36FN3O3S. The van der Waals surface area contributed by atoms with Gasteiger partial charge in [0.05, 0.1) is 18.1 Å². The van der Waals surface area contributed by atoms with Gasteiger partial charge in [0.2, 0.25) is 10.0 Å². The van der Waals surface area contributed by atoms with Crippen LogP contribution in [0.3, 0.4) is 0 Å². The van der Waals surface area contributed by atoms with E-state index in [1.165, 1.54) is 12.3 Å². The molecule has 0 radical (unpaired) electrons. The fourth-order valence-electron chi connectivity index (χ4n) is 4.12. The van der Waals surface area contributed by atoms with E-state index in [4.69, 9.17) is 0 Å². The number of sulfonamides is 1. The Morgan fingerprint density at radius 3 is 2.48 bits per heavy atom. The number of nitrogens with zero attached hydrogens (tertiary/aromatic N) is 1. The van der Waals surface area contributed by atoms with Gasteiger partial charge in [-0.2, -0.15) is 0 Å². The molecule has 2 rings (SSSR count). The van der Waals surface area contributed by atoms with E-state index in [9.17, 15) is 17.9 Å². The Morgan fingerprint density at radius 1 is 1.24 bits per heavy atom. The quantitative estimate of drug-likeness (QED) is 0.531. The number of pyridine rings is 1. The molecule has 29 heavy (non-hydrogen) atoms. The third-order valence-corrected chi connectivity index (χ3v) is 7.23. The molecule has 0 saturated heterocycles. The van der Waals surface area contributed by atoms with E-state index >= 15 is 0 Å². The summed E-state index contributed by atoms with van der Waals surface area (Å²) in [7, 11) is -3.20. The van der Waals surface area contributed by atoms with Crippen LogP contribution in [0.4, 0.5) is 4.39 Å². The molecule has 0 unspecified atom stereocenters. The van der Waals surface area contributed by atoms with Crippen molar-refractivity contribution in [1.29, 1.82) is 0 Å². The van der Waals surface area contributed by atoms with Crippen LogP contribution in [0.15, 0.2) is 18.5 Å². The first-order valence-corrected chi connectivity index (χ1v) is 12.1. The van der Waals surface area contributed by atoms with E-state index in [0.29, 0.717) is 18.0 Å². The second-order valence-corrected chi connectivity index (χ2v) is 11.2. The van der Waals surface area contributed by atoms with Gasteiger partial charge in [-0.3, -0.25) is 4.98 Å². The van der Waals surface area contributed by atoms with Crippen LogP contribution < -0.4 is 10.0 Å². The maximum atomic E-state index is 13.3. The van der Waals surface area contributed by atoms with Crippen molar-refractivity contribution >= 4 is 10.0 Å². The van der Waals surface area contributed by atoms with Crippen molar-refractivity contribution in [1.82, 2.24) is 15.0 Å². The highest BCUT2D eigenvalue weighted by atomic mass is 32.2. The van der Waals surface area contributed by atoms with Crippen LogP contribution in [0.2, 0.25) is 0 Å². The molecule has 8 heteroatoms. The first kappa shape index (κ1) is 24.2. The van der Waals surface area contributed by atoms with E-state index < -0.39 is 21.9 Å². The van der Waals surface area contributed by atoms with Crippen molar-refractivity contribution < 1.29 is 17.9 Å². The van der Waals surface area contributed by atoms with Gasteiger partial charge in [-0.1, -0.05) is 13.8 Å². The highest BCUT2D eigenvalue weighted by Gasteiger charge is 2.29. The molecule has 166 valence electrons. The van der Waals surface area contributed by atoms with E-state index in [0.717, 1.165) is 38.3 Å². The number of rotatable bonds is 10. The molecule has 1 fully saturated rings. The summed E-state index contributed by atoms with van der Waals surface area (Å²) in [4.78, 5) is 3.78.